The number of hydrogen-bond donors (Lipinski definition) is 2. The van der Waals surface area contributed by atoms with E-state index in [2.05, 4.69) is 0 Å². The molecule has 3 aromatic carbocycles. The fourth-order valence-electron chi connectivity index (χ4n) is 2.89. The second-order valence-corrected chi connectivity index (χ2v) is 6.39. The van der Waals surface area contributed by atoms with Crippen molar-refractivity contribution in [3.63, 3.8) is 0 Å². The summed E-state index contributed by atoms with van der Waals surface area (Å²) in [4.78, 5) is 10.7. The molecule has 0 aliphatic rings. The molecule has 0 heterocycles. The molecule has 0 atom stereocenters. The van der Waals surface area contributed by atoms with Crippen molar-refractivity contribution in [3.05, 3.63) is 89.5 Å². The van der Waals surface area contributed by atoms with Crippen LogP contribution < -0.4 is 4.74 Å². The van der Waals surface area contributed by atoms with Crippen molar-refractivity contribution >= 4 is 5.97 Å². The lowest BCUT2D eigenvalue weighted by Crippen LogP contribution is -1.97. The zero-order chi connectivity index (χ0) is 19.1. The van der Waals surface area contributed by atoms with Gasteiger partial charge in [-0.2, -0.15) is 0 Å². The molecule has 3 rings (SSSR count). The predicted octanol–water partition coefficient (Wildman–Crippen LogP) is 4.44. The van der Waals surface area contributed by atoms with Crippen LogP contribution in [0.3, 0.4) is 0 Å². The Kier molecular flexibility index (Phi) is 6.23. The summed E-state index contributed by atoms with van der Waals surface area (Å²) in [7, 11) is 0. The smallest absolute Gasteiger partial charge is 0.303 e. The lowest BCUT2D eigenvalue weighted by atomic mass is 10.0. The predicted molar refractivity (Wildman–Crippen MR) is 105 cm³/mol. The minimum Gasteiger partial charge on any atom is -0.489 e. The largest absolute Gasteiger partial charge is 0.489 e. The molecule has 0 aromatic heterocycles. The highest BCUT2D eigenvalue weighted by atomic mass is 16.5. The molecule has 27 heavy (non-hydrogen) atoms. The Morgan fingerprint density at radius 1 is 0.815 bits per heavy atom. The summed E-state index contributed by atoms with van der Waals surface area (Å²) < 4.78 is 5.82. The minimum absolute atomic E-state index is 0.0219. The molecular weight excluding hydrogens is 340 g/mol. The van der Waals surface area contributed by atoms with Crippen LogP contribution in [0.4, 0.5) is 0 Å². The fourth-order valence-corrected chi connectivity index (χ4v) is 2.89. The van der Waals surface area contributed by atoms with Gasteiger partial charge in [0.05, 0.1) is 6.61 Å². The van der Waals surface area contributed by atoms with Gasteiger partial charge in [-0.3, -0.25) is 4.79 Å². The van der Waals surface area contributed by atoms with Crippen molar-refractivity contribution < 1.29 is 19.7 Å². The molecule has 0 saturated heterocycles. The summed E-state index contributed by atoms with van der Waals surface area (Å²) in [6, 6.07) is 23.5. The molecule has 2 N–H and O–H groups in total. The molecule has 0 radical (unpaired) electrons. The molecule has 3 aromatic rings. The number of rotatable bonds is 8. The van der Waals surface area contributed by atoms with E-state index in [4.69, 9.17) is 9.84 Å². The molecule has 138 valence electrons. The van der Waals surface area contributed by atoms with Gasteiger partial charge in [0, 0.05) is 6.42 Å². The first-order valence-electron chi connectivity index (χ1n) is 8.87. The summed E-state index contributed by atoms with van der Waals surface area (Å²) in [6.45, 7) is 0.464. The average Bonchev–Trinajstić information content (AvgIpc) is 2.71. The van der Waals surface area contributed by atoms with Gasteiger partial charge in [0.1, 0.15) is 12.4 Å². The highest BCUT2D eigenvalue weighted by Gasteiger charge is 2.03. The van der Waals surface area contributed by atoms with Crippen LogP contribution in [0.1, 0.15) is 23.1 Å². The fraction of sp³-hybridized carbons (Fsp3) is 0.174. The monoisotopic (exact) mass is 362 g/mol. The molecule has 0 unspecified atom stereocenters. The van der Waals surface area contributed by atoms with Crippen LogP contribution >= 0.6 is 0 Å². The number of aliphatic hydroxyl groups excluding tert-OH is 1. The van der Waals surface area contributed by atoms with Crippen molar-refractivity contribution in [1.82, 2.24) is 0 Å². The average molecular weight is 362 g/mol. The molecule has 0 aliphatic heterocycles. The number of carboxylic acids is 1. The number of aliphatic carboxylic acids is 1. The Balaban J connectivity index is 1.64. The summed E-state index contributed by atoms with van der Waals surface area (Å²) in [5.74, 6) is -0.0124. The van der Waals surface area contributed by atoms with Crippen molar-refractivity contribution in [2.45, 2.75) is 26.1 Å². The van der Waals surface area contributed by atoms with Crippen molar-refractivity contribution in [2.75, 3.05) is 0 Å². The van der Waals surface area contributed by atoms with Crippen molar-refractivity contribution in [2.24, 2.45) is 0 Å². The van der Waals surface area contributed by atoms with Gasteiger partial charge in [-0.25, -0.2) is 0 Å². The SMILES string of the molecule is O=C(O)CCc1cccc(-c2ccc(OCc3cccc(CO)c3)cc2)c1. The van der Waals surface area contributed by atoms with Gasteiger partial charge >= 0.3 is 5.97 Å². The molecule has 0 bridgehead atoms. The van der Waals surface area contributed by atoms with Crippen LogP contribution in [0, 0.1) is 0 Å². The van der Waals surface area contributed by atoms with Crippen LogP contribution in [-0.2, 0) is 24.4 Å². The lowest BCUT2D eigenvalue weighted by Gasteiger charge is -2.09. The van der Waals surface area contributed by atoms with E-state index in [1.54, 1.807) is 0 Å². The van der Waals surface area contributed by atoms with Crippen LogP contribution in [-0.4, -0.2) is 16.2 Å². The molecule has 4 heteroatoms. The molecule has 4 nitrogen and oxygen atoms in total. The van der Waals surface area contributed by atoms with Crippen LogP contribution in [0.5, 0.6) is 5.75 Å². The van der Waals surface area contributed by atoms with E-state index in [1.165, 1.54) is 0 Å². The second-order valence-electron chi connectivity index (χ2n) is 6.39. The summed E-state index contributed by atoms with van der Waals surface area (Å²) in [5, 5.41) is 18.0. The van der Waals surface area contributed by atoms with E-state index < -0.39 is 5.97 Å². The Bertz CT molecular complexity index is 900. The van der Waals surface area contributed by atoms with E-state index in [-0.39, 0.29) is 13.0 Å². The third-order valence-corrected chi connectivity index (χ3v) is 4.32. The number of carbonyl (C=O) groups is 1. The molecule has 0 aliphatic carbocycles. The third-order valence-electron chi connectivity index (χ3n) is 4.32. The van der Waals surface area contributed by atoms with Gasteiger partial charge in [0.15, 0.2) is 0 Å². The van der Waals surface area contributed by atoms with Gasteiger partial charge in [0.2, 0.25) is 0 Å². The maximum absolute atomic E-state index is 10.7. The molecule has 0 spiro atoms. The minimum atomic E-state index is -0.786. The van der Waals surface area contributed by atoms with E-state index >= 15 is 0 Å². The zero-order valence-corrected chi connectivity index (χ0v) is 15.0. The van der Waals surface area contributed by atoms with E-state index in [0.29, 0.717) is 13.0 Å². The Morgan fingerprint density at radius 2 is 1.52 bits per heavy atom. The van der Waals surface area contributed by atoms with Crippen LogP contribution in [0.15, 0.2) is 72.8 Å². The van der Waals surface area contributed by atoms with Crippen molar-refractivity contribution in [1.29, 1.82) is 0 Å². The Hall–Kier alpha value is -3.11. The Morgan fingerprint density at radius 3 is 2.26 bits per heavy atom. The quantitative estimate of drug-likeness (QED) is 0.622. The lowest BCUT2D eigenvalue weighted by molar-refractivity contribution is -0.136. The van der Waals surface area contributed by atoms with Gasteiger partial charge < -0.3 is 14.9 Å². The van der Waals surface area contributed by atoms with Gasteiger partial charge in [-0.05, 0) is 46.4 Å². The van der Waals surface area contributed by atoms with E-state index in [0.717, 1.165) is 33.6 Å². The summed E-state index contributed by atoms with van der Waals surface area (Å²) >= 11 is 0. The number of aryl methyl sites for hydroxylation is 1. The second kappa shape index (κ2) is 9.01. The normalized spacial score (nSPS) is 10.6. The number of carboxylic acid groups (broad SMARTS) is 1. The van der Waals surface area contributed by atoms with Crippen LogP contribution in [0.2, 0.25) is 0 Å². The number of benzene rings is 3. The highest BCUT2D eigenvalue weighted by Crippen LogP contribution is 2.24. The standard InChI is InChI=1S/C23H22O4/c24-15-18-4-1-5-19(13-18)16-27-22-10-8-20(9-11-22)21-6-2-3-17(14-21)7-12-23(25)26/h1-6,8-11,13-14,24H,7,12,15-16H2,(H,25,26). The summed E-state index contributed by atoms with van der Waals surface area (Å²) in [5.41, 5.74) is 5.01. The van der Waals surface area contributed by atoms with Gasteiger partial charge in [-0.15, -0.1) is 0 Å². The van der Waals surface area contributed by atoms with Crippen molar-refractivity contribution in [3.8, 4) is 16.9 Å². The topological polar surface area (TPSA) is 66.8 Å². The molecular formula is C23H22O4. The third kappa shape index (κ3) is 5.43. The molecule has 0 fully saturated rings. The first kappa shape index (κ1) is 18.7. The molecule has 0 saturated carbocycles. The molecule has 0 amide bonds. The first-order valence-corrected chi connectivity index (χ1v) is 8.87. The Labute approximate surface area is 158 Å². The summed E-state index contributed by atoms with van der Waals surface area (Å²) in [6.07, 6.45) is 0.658. The van der Waals surface area contributed by atoms with Crippen LogP contribution in [0.25, 0.3) is 11.1 Å². The van der Waals surface area contributed by atoms with Gasteiger partial charge in [0.25, 0.3) is 0 Å². The maximum atomic E-state index is 10.7. The number of hydrogen-bond acceptors (Lipinski definition) is 3. The van der Waals surface area contributed by atoms with Gasteiger partial charge in [-0.1, -0.05) is 60.7 Å². The first-order chi connectivity index (χ1) is 13.1. The van der Waals surface area contributed by atoms with E-state index in [9.17, 15) is 9.90 Å². The van der Waals surface area contributed by atoms with E-state index in [1.807, 2.05) is 72.8 Å². The maximum Gasteiger partial charge on any atom is 0.303 e. The highest BCUT2D eigenvalue weighted by molar-refractivity contribution is 5.68. The zero-order valence-electron chi connectivity index (χ0n) is 15.0. The number of aliphatic hydroxyl groups is 1. The number of ether oxygens (including phenoxy) is 1.